The van der Waals surface area contributed by atoms with E-state index < -0.39 is 29.7 Å². The minimum absolute atomic E-state index is 0.0191. The normalized spacial score (nSPS) is 21.7. The van der Waals surface area contributed by atoms with E-state index in [4.69, 9.17) is 17.2 Å². The molecule has 0 unspecified atom stereocenters. The van der Waals surface area contributed by atoms with Crippen molar-refractivity contribution >= 4 is 52.7 Å². The van der Waals surface area contributed by atoms with Gasteiger partial charge >= 0.3 is 5.51 Å². The van der Waals surface area contributed by atoms with Gasteiger partial charge in [0.05, 0.1) is 12.5 Å². The van der Waals surface area contributed by atoms with E-state index in [1.54, 1.807) is 24.3 Å². The lowest BCUT2D eigenvalue weighted by Crippen LogP contribution is -2.53. The molecule has 3 aromatic rings. The number of aromatic nitrogens is 3. The van der Waals surface area contributed by atoms with Crippen LogP contribution >= 0.6 is 11.8 Å². The van der Waals surface area contributed by atoms with Crippen molar-refractivity contribution in [3.63, 3.8) is 0 Å². The minimum Gasteiger partial charge on any atom is -0.391 e. The summed E-state index contributed by atoms with van der Waals surface area (Å²) in [6.07, 6.45) is 0.131. The molecule has 46 heavy (non-hydrogen) atoms. The van der Waals surface area contributed by atoms with Crippen molar-refractivity contribution in [2.45, 2.75) is 53.9 Å². The van der Waals surface area contributed by atoms with Gasteiger partial charge in [-0.05, 0) is 73.1 Å². The Kier molecular flexibility index (Phi) is 10.3. The first-order valence-electron chi connectivity index (χ1n) is 14.6. The highest BCUT2D eigenvalue weighted by atomic mass is 32.2. The van der Waals surface area contributed by atoms with Crippen LogP contribution in [-0.4, -0.2) is 87.7 Å². The van der Waals surface area contributed by atoms with E-state index in [0.29, 0.717) is 56.6 Å². The van der Waals surface area contributed by atoms with Gasteiger partial charge in [0.2, 0.25) is 23.8 Å². The van der Waals surface area contributed by atoms with Gasteiger partial charge in [0.15, 0.2) is 5.78 Å². The maximum Gasteiger partial charge on any atom is 0.446 e. The molecule has 5 rings (SSSR count). The van der Waals surface area contributed by atoms with Crippen molar-refractivity contribution in [2.75, 3.05) is 46.6 Å². The van der Waals surface area contributed by atoms with Crippen LogP contribution in [0.3, 0.4) is 0 Å². The number of thioether (sulfide) groups is 1. The molecule has 1 amide bonds. The second kappa shape index (κ2) is 14.2. The SMILES string of the molecule is NC[C@@H]1C[C@@H](O)CN1c1nc(Nc2ccc(C(=O)CC(=O)Nc3ccc(SC(F)(F)F)cc3)cc2)nc(N2C[C@H](N)C[C@H](N)C2)n1. The lowest BCUT2D eigenvalue weighted by atomic mass is 10.0. The molecule has 246 valence electrons. The number of piperidine rings is 1. The Labute approximate surface area is 267 Å². The Hall–Kier alpha value is -4.03. The summed E-state index contributed by atoms with van der Waals surface area (Å²) in [5.74, 6) is -0.103. The number of hydrogen-bond acceptors (Lipinski definition) is 13. The van der Waals surface area contributed by atoms with Gasteiger partial charge in [0.25, 0.3) is 0 Å². The zero-order valence-corrected chi connectivity index (χ0v) is 25.5. The van der Waals surface area contributed by atoms with E-state index >= 15 is 0 Å². The topological polar surface area (TPSA) is 202 Å². The molecule has 13 nitrogen and oxygen atoms in total. The number of nitrogens with one attached hydrogen (secondary N) is 2. The molecule has 1 aromatic heterocycles. The number of ketones is 1. The summed E-state index contributed by atoms with van der Waals surface area (Å²) in [6.45, 7) is 1.64. The summed E-state index contributed by atoms with van der Waals surface area (Å²) in [4.78, 5) is 42.8. The summed E-state index contributed by atoms with van der Waals surface area (Å²) in [7, 11) is 0. The number of hydrogen-bond donors (Lipinski definition) is 6. The van der Waals surface area contributed by atoms with Gasteiger partial charge in [-0.3, -0.25) is 9.59 Å². The molecule has 0 bridgehead atoms. The first-order valence-corrected chi connectivity index (χ1v) is 15.4. The molecular formula is C29H35F3N10O3S. The van der Waals surface area contributed by atoms with Gasteiger partial charge in [0, 0.05) is 66.1 Å². The van der Waals surface area contributed by atoms with Crippen LogP contribution in [0.25, 0.3) is 0 Å². The van der Waals surface area contributed by atoms with Crippen LogP contribution in [0.1, 0.15) is 29.6 Å². The number of anilines is 5. The van der Waals surface area contributed by atoms with Crippen LogP contribution < -0.4 is 37.6 Å². The smallest absolute Gasteiger partial charge is 0.391 e. The highest BCUT2D eigenvalue weighted by molar-refractivity contribution is 8.00. The molecule has 2 saturated heterocycles. The summed E-state index contributed by atoms with van der Waals surface area (Å²) in [6, 6.07) is 11.1. The van der Waals surface area contributed by atoms with Gasteiger partial charge < -0.3 is 42.7 Å². The number of halogens is 3. The molecule has 17 heteroatoms. The molecule has 2 aliphatic heterocycles. The predicted octanol–water partition coefficient (Wildman–Crippen LogP) is 2.20. The van der Waals surface area contributed by atoms with E-state index in [-0.39, 0.29) is 52.0 Å². The molecule has 9 N–H and O–H groups in total. The van der Waals surface area contributed by atoms with Crippen molar-refractivity contribution in [3.8, 4) is 0 Å². The predicted molar refractivity (Wildman–Crippen MR) is 169 cm³/mol. The first-order chi connectivity index (χ1) is 21.8. The maximum atomic E-state index is 12.8. The van der Waals surface area contributed by atoms with E-state index in [1.807, 2.05) is 9.80 Å². The van der Waals surface area contributed by atoms with E-state index in [0.717, 1.165) is 0 Å². The van der Waals surface area contributed by atoms with Crippen LogP contribution in [0.5, 0.6) is 0 Å². The molecule has 2 aliphatic rings. The fourth-order valence-corrected chi connectivity index (χ4v) is 5.98. The van der Waals surface area contributed by atoms with Gasteiger partial charge in [-0.15, -0.1) is 0 Å². The number of carbonyl (C=O) groups excluding carboxylic acids is 2. The first kappa shape index (κ1) is 33.3. The molecule has 2 fully saturated rings. The molecule has 0 spiro atoms. The third-order valence-electron chi connectivity index (χ3n) is 7.49. The third kappa shape index (κ3) is 8.82. The number of carbonyl (C=O) groups is 2. The fourth-order valence-electron chi connectivity index (χ4n) is 5.44. The molecule has 0 radical (unpaired) electrons. The molecule has 3 heterocycles. The number of rotatable bonds is 10. The number of aliphatic hydroxyl groups excluding tert-OH is 1. The fraction of sp³-hybridized carbons (Fsp3) is 0.414. The van der Waals surface area contributed by atoms with E-state index in [9.17, 15) is 27.9 Å². The number of benzene rings is 2. The largest absolute Gasteiger partial charge is 0.446 e. The average Bonchev–Trinajstić information content (AvgIpc) is 3.38. The summed E-state index contributed by atoms with van der Waals surface area (Å²) in [5, 5.41) is 15.9. The van der Waals surface area contributed by atoms with Crippen molar-refractivity contribution in [1.82, 2.24) is 15.0 Å². The standard InChI is InChI=1S/C29H35F3N10O3S/c30-29(31,32)46-23-7-5-19(6-8-23)36-25(45)11-24(44)16-1-3-20(4-2-16)37-26-38-27(41-13-17(34)9-18(35)14-41)40-28(39-26)42-15-22(43)10-21(42)12-33/h1-8,17-18,21-22,43H,9-15,33-35H2,(H,36,45)(H,37,38,39,40)/t17-,18+,21-,22+/m0/s1. The molecule has 2 aromatic carbocycles. The maximum absolute atomic E-state index is 12.8. The summed E-state index contributed by atoms with van der Waals surface area (Å²) < 4.78 is 37.6. The molecule has 4 atom stereocenters. The minimum atomic E-state index is -4.41. The van der Waals surface area contributed by atoms with Crippen LogP contribution in [0.2, 0.25) is 0 Å². The Bertz CT molecular complexity index is 1520. The van der Waals surface area contributed by atoms with Crippen LogP contribution in [0.15, 0.2) is 53.4 Å². The Morgan fingerprint density at radius 1 is 0.913 bits per heavy atom. The second-order valence-electron chi connectivity index (χ2n) is 11.3. The van der Waals surface area contributed by atoms with Gasteiger partial charge in [0.1, 0.15) is 0 Å². The lowest BCUT2D eigenvalue weighted by molar-refractivity contribution is -0.115. The van der Waals surface area contributed by atoms with Crippen molar-refractivity contribution in [1.29, 1.82) is 0 Å². The molecular weight excluding hydrogens is 625 g/mol. The van der Waals surface area contributed by atoms with Gasteiger partial charge in [-0.2, -0.15) is 28.1 Å². The number of alkyl halides is 3. The van der Waals surface area contributed by atoms with Crippen molar-refractivity contribution in [3.05, 3.63) is 54.1 Å². The monoisotopic (exact) mass is 660 g/mol. The Balaban J connectivity index is 1.26. The third-order valence-corrected chi connectivity index (χ3v) is 8.23. The summed E-state index contributed by atoms with van der Waals surface area (Å²) in [5.41, 5.74) is 15.1. The van der Waals surface area contributed by atoms with Crippen molar-refractivity contribution in [2.24, 2.45) is 17.2 Å². The number of aliphatic hydroxyl groups is 1. The van der Waals surface area contributed by atoms with E-state index in [2.05, 4.69) is 25.6 Å². The van der Waals surface area contributed by atoms with E-state index in [1.165, 1.54) is 24.3 Å². The zero-order chi connectivity index (χ0) is 33.0. The number of nitrogens with zero attached hydrogens (tertiary/aromatic N) is 5. The lowest BCUT2D eigenvalue weighted by Gasteiger charge is -2.35. The highest BCUT2D eigenvalue weighted by Gasteiger charge is 2.34. The number of amides is 1. The highest BCUT2D eigenvalue weighted by Crippen LogP contribution is 2.37. The number of Topliss-reactive ketones (excluding diaryl/α,β-unsaturated/α-hetero) is 1. The van der Waals surface area contributed by atoms with Crippen LogP contribution in [0, 0.1) is 0 Å². The van der Waals surface area contributed by atoms with Gasteiger partial charge in [-0.25, -0.2) is 0 Å². The Morgan fingerprint density at radius 2 is 1.54 bits per heavy atom. The second-order valence-corrected chi connectivity index (χ2v) is 12.4. The van der Waals surface area contributed by atoms with Crippen LogP contribution in [0.4, 0.5) is 42.4 Å². The average molecular weight is 661 g/mol. The molecule has 0 aliphatic carbocycles. The summed E-state index contributed by atoms with van der Waals surface area (Å²) >= 11 is -0.258. The van der Waals surface area contributed by atoms with Gasteiger partial charge in [-0.1, -0.05) is 0 Å². The van der Waals surface area contributed by atoms with Crippen molar-refractivity contribution < 1.29 is 27.9 Å². The Morgan fingerprint density at radius 3 is 2.17 bits per heavy atom. The van der Waals surface area contributed by atoms with Crippen LogP contribution in [-0.2, 0) is 4.79 Å². The molecule has 0 saturated carbocycles. The number of nitrogens with two attached hydrogens (primary N) is 3. The zero-order valence-electron chi connectivity index (χ0n) is 24.7. The number of β-amino-alcohol motifs (C(OH)–C–C–N with tert-alkyl or cyclic N) is 1. The quantitative estimate of drug-likeness (QED) is 0.105.